The molecule has 1 saturated carbocycles. The monoisotopic (exact) mass is 447 g/mol. The number of nitrogens with zero attached hydrogens (tertiary/aromatic N) is 1. The largest absolute Gasteiger partial charge is 0.493 e. The average molecular weight is 448 g/mol. The van der Waals surface area contributed by atoms with Gasteiger partial charge in [-0.2, -0.15) is 0 Å². The van der Waals surface area contributed by atoms with Crippen LogP contribution in [0.4, 0.5) is 0 Å². The topological polar surface area (TPSA) is 59.4 Å². The highest BCUT2D eigenvalue weighted by Crippen LogP contribution is 2.55. The predicted molar refractivity (Wildman–Crippen MR) is 130 cm³/mol. The molecule has 0 bridgehead atoms. The lowest BCUT2D eigenvalue weighted by Gasteiger charge is -2.42. The van der Waals surface area contributed by atoms with Crippen LogP contribution in [0.1, 0.15) is 87.1 Å². The fraction of sp³-hybridized carbons (Fsp3) is 0.586. The first-order valence-corrected chi connectivity index (χ1v) is 12.9. The van der Waals surface area contributed by atoms with E-state index < -0.39 is 5.97 Å². The fourth-order valence-electron chi connectivity index (χ4n) is 7.09. The minimum Gasteiger partial charge on any atom is -0.493 e. The first-order valence-electron chi connectivity index (χ1n) is 12.9. The summed E-state index contributed by atoms with van der Waals surface area (Å²) in [5, 5.41) is 9.54. The molecule has 0 amide bonds. The van der Waals surface area contributed by atoms with Crippen molar-refractivity contribution >= 4 is 5.97 Å². The third-order valence-corrected chi connectivity index (χ3v) is 8.82. The molecule has 2 aromatic rings. The lowest BCUT2D eigenvalue weighted by atomic mass is 9.61. The van der Waals surface area contributed by atoms with E-state index in [9.17, 15) is 9.90 Å². The highest BCUT2D eigenvalue weighted by Gasteiger charge is 2.49. The number of aromatic nitrogens is 1. The molecule has 0 radical (unpaired) electrons. The van der Waals surface area contributed by atoms with E-state index in [1.807, 2.05) is 12.3 Å². The maximum atomic E-state index is 11.6. The second-order valence-electron chi connectivity index (χ2n) is 10.9. The van der Waals surface area contributed by atoms with Gasteiger partial charge >= 0.3 is 5.97 Å². The minimum absolute atomic E-state index is 0.140. The quantitative estimate of drug-likeness (QED) is 0.564. The van der Waals surface area contributed by atoms with E-state index in [1.54, 1.807) is 0 Å². The molecule has 1 spiro atoms. The Labute approximate surface area is 197 Å². The number of carboxylic acid groups (broad SMARTS) is 1. The van der Waals surface area contributed by atoms with Crippen molar-refractivity contribution < 1.29 is 14.6 Å². The van der Waals surface area contributed by atoms with Crippen LogP contribution in [0.15, 0.2) is 36.5 Å². The molecule has 3 atom stereocenters. The van der Waals surface area contributed by atoms with Crippen LogP contribution in [-0.2, 0) is 23.1 Å². The second kappa shape index (κ2) is 9.12. The summed E-state index contributed by atoms with van der Waals surface area (Å²) in [5.74, 6) is 1.76. The summed E-state index contributed by atoms with van der Waals surface area (Å²) in [6.45, 7) is 5.34. The van der Waals surface area contributed by atoms with Crippen LogP contribution in [0.2, 0.25) is 0 Å². The van der Waals surface area contributed by atoms with Gasteiger partial charge in [0.2, 0.25) is 0 Å². The maximum absolute atomic E-state index is 11.6. The van der Waals surface area contributed by atoms with Gasteiger partial charge in [0.05, 0.1) is 12.5 Å². The number of carboxylic acids is 1. The lowest BCUT2D eigenvalue weighted by molar-refractivity contribution is -0.143. The highest BCUT2D eigenvalue weighted by atomic mass is 16.5. The van der Waals surface area contributed by atoms with Crippen molar-refractivity contribution in [2.45, 2.75) is 83.0 Å². The lowest BCUT2D eigenvalue weighted by Crippen LogP contribution is -2.39. The smallest absolute Gasteiger partial charge is 0.306 e. The van der Waals surface area contributed by atoms with Crippen LogP contribution in [-0.4, -0.2) is 22.7 Å². The van der Waals surface area contributed by atoms with E-state index in [1.165, 1.54) is 35.2 Å². The Balaban J connectivity index is 1.29. The van der Waals surface area contributed by atoms with Gasteiger partial charge in [0.15, 0.2) is 0 Å². The van der Waals surface area contributed by atoms with Gasteiger partial charge in [0, 0.05) is 17.5 Å². The SMILES string of the molecule is C[C@@H](COc1ccnc2c1[C@H](C)CCC2)CC1Cc2ccccc2C12CCC(C(=O)O)CC2. The molecule has 176 valence electrons. The van der Waals surface area contributed by atoms with Crippen LogP contribution < -0.4 is 4.74 Å². The Morgan fingerprint density at radius 1 is 1.21 bits per heavy atom. The van der Waals surface area contributed by atoms with Gasteiger partial charge in [-0.15, -0.1) is 0 Å². The predicted octanol–water partition coefficient (Wildman–Crippen LogP) is 6.31. The van der Waals surface area contributed by atoms with Crippen molar-refractivity contribution in [1.29, 1.82) is 0 Å². The van der Waals surface area contributed by atoms with Crippen LogP contribution in [0.25, 0.3) is 0 Å². The molecule has 4 heteroatoms. The number of rotatable bonds is 6. The summed E-state index contributed by atoms with van der Waals surface area (Å²) < 4.78 is 6.43. The van der Waals surface area contributed by atoms with Gasteiger partial charge in [-0.1, -0.05) is 38.1 Å². The second-order valence-corrected chi connectivity index (χ2v) is 10.9. The molecule has 3 aliphatic carbocycles. The molecule has 4 nitrogen and oxygen atoms in total. The summed E-state index contributed by atoms with van der Waals surface area (Å²) in [7, 11) is 0. The Morgan fingerprint density at radius 3 is 2.79 bits per heavy atom. The molecule has 0 saturated heterocycles. The molecule has 5 rings (SSSR count). The third-order valence-electron chi connectivity index (χ3n) is 8.82. The first-order chi connectivity index (χ1) is 16.0. The van der Waals surface area contributed by atoms with Gasteiger partial charge < -0.3 is 9.84 Å². The number of ether oxygens (including phenoxy) is 1. The van der Waals surface area contributed by atoms with Crippen molar-refractivity contribution in [1.82, 2.24) is 4.98 Å². The van der Waals surface area contributed by atoms with Gasteiger partial charge in [-0.3, -0.25) is 9.78 Å². The Morgan fingerprint density at radius 2 is 2.00 bits per heavy atom. The summed E-state index contributed by atoms with van der Waals surface area (Å²) in [4.78, 5) is 16.2. The summed E-state index contributed by atoms with van der Waals surface area (Å²) in [6.07, 6.45) is 11.2. The standard InChI is InChI=1S/C29H37NO3/c1-19(18-33-26-12-15-30-25-9-5-6-20(2)27(25)26)16-23-17-22-7-3-4-8-24(22)29(23)13-10-21(11-14-29)28(31)32/h3-4,7-8,12,15,19-21,23H,5-6,9-11,13-14,16-18H2,1-2H3,(H,31,32)/t19-,20-,21?,23?,29?/m1/s1. The molecule has 1 N–H and O–H groups in total. The number of hydrogen-bond acceptors (Lipinski definition) is 3. The molecule has 3 aliphatic rings. The van der Waals surface area contributed by atoms with Crippen molar-refractivity contribution in [3.05, 3.63) is 58.9 Å². The van der Waals surface area contributed by atoms with Crippen molar-refractivity contribution in [3.63, 3.8) is 0 Å². The van der Waals surface area contributed by atoms with Crippen LogP contribution in [0.5, 0.6) is 5.75 Å². The molecular weight excluding hydrogens is 410 g/mol. The van der Waals surface area contributed by atoms with E-state index >= 15 is 0 Å². The van der Waals surface area contributed by atoms with E-state index in [0.717, 1.165) is 57.3 Å². The molecule has 1 aromatic carbocycles. The number of pyridine rings is 1. The van der Waals surface area contributed by atoms with Crippen LogP contribution >= 0.6 is 0 Å². The highest BCUT2D eigenvalue weighted by molar-refractivity contribution is 5.70. The van der Waals surface area contributed by atoms with Crippen LogP contribution in [0.3, 0.4) is 0 Å². The zero-order valence-corrected chi connectivity index (χ0v) is 20.1. The Kier molecular flexibility index (Phi) is 6.20. The molecular formula is C29H37NO3. The molecule has 33 heavy (non-hydrogen) atoms. The van der Waals surface area contributed by atoms with Gasteiger partial charge in [-0.25, -0.2) is 0 Å². The van der Waals surface area contributed by atoms with Gasteiger partial charge in [0.1, 0.15) is 5.75 Å². The fourth-order valence-corrected chi connectivity index (χ4v) is 7.09. The zero-order chi connectivity index (χ0) is 23.0. The number of fused-ring (bicyclic) bond motifs is 3. The zero-order valence-electron chi connectivity index (χ0n) is 20.1. The molecule has 1 fully saturated rings. The third kappa shape index (κ3) is 4.18. The normalized spacial score (nSPS) is 29.3. The summed E-state index contributed by atoms with van der Waals surface area (Å²) in [5.41, 5.74) is 5.65. The number of aryl methyl sites for hydroxylation is 1. The first kappa shape index (κ1) is 22.4. The average Bonchev–Trinajstić information content (AvgIpc) is 3.10. The van der Waals surface area contributed by atoms with Crippen molar-refractivity contribution in [2.75, 3.05) is 6.61 Å². The molecule has 0 aliphatic heterocycles. The number of carbonyl (C=O) groups is 1. The molecule has 1 unspecified atom stereocenters. The van der Waals surface area contributed by atoms with E-state index in [-0.39, 0.29) is 11.3 Å². The van der Waals surface area contributed by atoms with E-state index in [4.69, 9.17) is 4.74 Å². The Hall–Kier alpha value is -2.36. The van der Waals surface area contributed by atoms with Crippen molar-refractivity contribution in [3.8, 4) is 5.75 Å². The van der Waals surface area contributed by atoms with Gasteiger partial charge in [-0.05, 0) is 98.1 Å². The summed E-state index contributed by atoms with van der Waals surface area (Å²) >= 11 is 0. The van der Waals surface area contributed by atoms with Gasteiger partial charge in [0.25, 0.3) is 0 Å². The summed E-state index contributed by atoms with van der Waals surface area (Å²) in [6, 6.07) is 11.0. The van der Waals surface area contributed by atoms with Crippen molar-refractivity contribution in [2.24, 2.45) is 17.8 Å². The van der Waals surface area contributed by atoms with Crippen LogP contribution in [0, 0.1) is 17.8 Å². The minimum atomic E-state index is -0.621. The maximum Gasteiger partial charge on any atom is 0.306 e. The van der Waals surface area contributed by atoms with E-state index in [0.29, 0.717) is 17.8 Å². The Bertz CT molecular complexity index is 1010. The van der Waals surface area contributed by atoms with E-state index in [2.05, 4.69) is 43.1 Å². The number of benzene rings is 1. The molecule has 1 heterocycles. The molecule has 1 aromatic heterocycles. The number of aliphatic carboxylic acids is 1. The number of hydrogen-bond donors (Lipinski definition) is 1.